The Labute approximate surface area is 187 Å². The molecule has 0 rings (SSSR count). The lowest BCUT2D eigenvalue weighted by molar-refractivity contribution is -0.128. The van der Waals surface area contributed by atoms with Crippen LogP contribution in [-0.4, -0.2) is 56.8 Å². The van der Waals surface area contributed by atoms with Gasteiger partial charge in [0.2, 0.25) is 5.91 Å². The fourth-order valence-electron chi connectivity index (χ4n) is 2.31. The minimum absolute atomic E-state index is 0. The minimum atomic E-state index is -0.569. The van der Waals surface area contributed by atoms with Crippen molar-refractivity contribution in [3.05, 3.63) is 0 Å². The molecule has 1 unspecified atom stereocenters. The number of nitrogens with one attached hydrogen (secondary N) is 4. The van der Waals surface area contributed by atoms with Gasteiger partial charge in [-0.15, -0.1) is 24.0 Å². The second-order valence-corrected chi connectivity index (χ2v) is 8.26. The van der Waals surface area contributed by atoms with Gasteiger partial charge < -0.3 is 26.0 Å². The fourth-order valence-corrected chi connectivity index (χ4v) is 2.31. The Kier molecular flexibility index (Phi) is 14.3. The maximum absolute atomic E-state index is 11.9. The van der Waals surface area contributed by atoms with Crippen LogP contribution in [-0.2, 0) is 9.53 Å². The number of ether oxygens (including phenoxy) is 1. The molecule has 2 amide bonds. The van der Waals surface area contributed by atoms with Crippen molar-refractivity contribution in [2.75, 3.05) is 27.2 Å². The lowest BCUT2D eigenvalue weighted by atomic mass is 9.92. The third-order valence-electron chi connectivity index (χ3n) is 3.90. The first-order valence-electron chi connectivity index (χ1n) is 9.61. The standard InChI is InChI=1S/C19H39N5O3.HI/c1-9-10-11-14(12-22-17(26)27-18(2,3)4)24-16(21-8)23-13-19(5,6)15(25)20-7;/h14H,9-13H2,1-8H3,(H,20,25)(H,22,26)(H2,21,23,24);1H. The second kappa shape index (κ2) is 13.8. The van der Waals surface area contributed by atoms with Crippen LogP contribution in [0.5, 0.6) is 0 Å². The smallest absolute Gasteiger partial charge is 0.407 e. The van der Waals surface area contributed by atoms with Crippen LogP contribution >= 0.6 is 24.0 Å². The zero-order chi connectivity index (χ0) is 21.1. The topological polar surface area (TPSA) is 104 Å². The summed E-state index contributed by atoms with van der Waals surface area (Å²) in [6, 6.07) is 0.00628. The van der Waals surface area contributed by atoms with E-state index in [0.29, 0.717) is 19.0 Å². The van der Waals surface area contributed by atoms with Crippen molar-refractivity contribution >= 4 is 41.9 Å². The highest BCUT2D eigenvalue weighted by atomic mass is 127. The zero-order valence-electron chi connectivity index (χ0n) is 18.7. The molecule has 0 aliphatic heterocycles. The summed E-state index contributed by atoms with van der Waals surface area (Å²) in [6.45, 7) is 12.2. The van der Waals surface area contributed by atoms with Gasteiger partial charge in [-0.05, 0) is 41.0 Å². The van der Waals surface area contributed by atoms with Gasteiger partial charge in [0, 0.05) is 33.2 Å². The molecule has 166 valence electrons. The molecule has 28 heavy (non-hydrogen) atoms. The Morgan fingerprint density at radius 2 is 1.71 bits per heavy atom. The van der Waals surface area contributed by atoms with Gasteiger partial charge in [-0.25, -0.2) is 4.79 Å². The van der Waals surface area contributed by atoms with Gasteiger partial charge in [-0.2, -0.15) is 0 Å². The molecule has 0 saturated heterocycles. The molecule has 0 aliphatic rings. The van der Waals surface area contributed by atoms with Gasteiger partial charge in [0.15, 0.2) is 5.96 Å². The molecule has 0 aromatic heterocycles. The minimum Gasteiger partial charge on any atom is -0.444 e. The Bertz CT molecular complexity index is 504. The van der Waals surface area contributed by atoms with Crippen LogP contribution in [0.3, 0.4) is 0 Å². The van der Waals surface area contributed by atoms with E-state index < -0.39 is 17.1 Å². The fraction of sp³-hybridized carbons (Fsp3) is 0.842. The predicted molar refractivity (Wildman–Crippen MR) is 125 cm³/mol. The molecule has 0 fully saturated rings. The summed E-state index contributed by atoms with van der Waals surface area (Å²) in [7, 11) is 3.31. The number of hydrogen-bond acceptors (Lipinski definition) is 4. The SMILES string of the molecule is CCCCC(CNC(=O)OC(C)(C)C)NC(=NC)NCC(C)(C)C(=O)NC.I. The molecule has 1 atom stereocenters. The van der Waals surface area contributed by atoms with E-state index in [1.807, 2.05) is 34.6 Å². The number of alkyl carbamates (subject to hydrolysis) is 1. The number of rotatable bonds is 9. The molecule has 9 heteroatoms. The largest absolute Gasteiger partial charge is 0.444 e. The van der Waals surface area contributed by atoms with Crippen LogP contribution in [0, 0.1) is 5.41 Å². The number of halogens is 1. The molecule has 4 N–H and O–H groups in total. The van der Waals surface area contributed by atoms with Crippen LogP contribution in [0.4, 0.5) is 4.79 Å². The van der Waals surface area contributed by atoms with E-state index in [1.54, 1.807) is 14.1 Å². The average Bonchev–Trinajstić information content (AvgIpc) is 2.57. The maximum atomic E-state index is 11.9. The number of aliphatic imine (C=N–C) groups is 1. The number of carbonyl (C=O) groups is 2. The Hall–Kier alpha value is -1.26. The Morgan fingerprint density at radius 3 is 2.18 bits per heavy atom. The number of nitrogens with zero attached hydrogens (tertiary/aromatic N) is 1. The highest BCUT2D eigenvalue weighted by Crippen LogP contribution is 2.13. The number of hydrogen-bond donors (Lipinski definition) is 4. The second-order valence-electron chi connectivity index (χ2n) is 8.26. The van der Waals surface area contributed by atoms with E-state index in [4.69, 9.17) is 4.74 Å². The maximum Gasteiger partial charge on any atom is 0.407 e. The molecule has 8 nitrogen and oxygen atoms in total. The summed E-state index contributed by atoms with van der Waals surface area (Å²) in [4.78, 5) is 28.1. The van der Waals surface area contributed by atoms with E-state index >= 15 is 0 Å². The molecule has 0 saturated carbocycles. The van der Waals surface area contributed by atoms with E-state index in [9.17, 15) is 9.59 Å². The number of guanidine groups is 1. The van der Waals surface area contributed by atoms with E-state index in [1.165, 1.54) is 0 Å². The van der Waals surface area contributed by atoms with Crippen LogP contribution in [0.2, 0.25) is 0 Å². The summed E-state index contributed by atoms with van der Waals surface area (Å²) >= 11 is 0. The van der Waals surface area contributed by atoms with Gasteiger partial charge in [0.25, 0.3) is 0 Å². The third kappa shape index (κ3) is 13.0. The highest BCUT2D eigenvalue weighted by Gasteiger charge is 2.27. The molecule has 0 bridgehead atoms. The third-order valence-corrected chi connectivity index (χ3v) is 3.90. The highest BCUT2D eigenvalue weighted by molar-refractivity contribution is 14.0. The normalized spacial score (nSPS) is 13.1. The van der Waals surface area contributed by atoms with E-state index in [2.05, 4.69) is 33.2 Å². The summed E-state index contributed by atoms with van der Waals surface area (Å²) < 4.78 is 5.29. The van der Waals surface area contributed by atoms with Crippen LogP contribution in [0.25, 0.3) is 0 Å². The number of amides is 2. The van der Waals surface area contributed by atoms with Crippen LogP contribution in [0.15, 0.2) is 4.99 Å². The lowest BCUT2D eigenvalue weighted by Gasteiger charge is -2.27. The quantitative estimate of drug-likeness (QED) is 0.216. The van der Waals surface area contributed by atoms with Crippen molar-refractivity contribution in [1.82, 2.24) is 21.3 Å². The van der Waals surface area contributed by atoms with Crippen molar-refractivity contribution in [2.24, 2.45) is 10.4 Å². The van der Waals surface area contributed by atoms with E-state index in [-0.39, 0.29) is 35.9 Å². The van der Waals surface area contributed by atoms with Crippen LogP contribution < -0.4 is 21.3 Å². The van der Waals surface area contributed by atoms with Gasteiger partial charge in [0.1, 0.15) is 5.60 Å². The van der Waals surface area contributed by atoms with Crippen molar-refractivity contribution in [3.63, 3.8) is 0 Å². The number of carbonyl (C=O) groups excluding carboxylic acids is 2. The van der Waals surface area contributed by atoms with E-state index in [0.717, 1.165) is 19.3 Å². The number of unbranched alkanes of at least 4 members (excludes halogenated alkanes) is 1. The average molecular weight is 513 g/mol. The Morgan fingerprint density at radius 1 is 1.11 bits per heavy atom. The summed E-state index contributed by atoms with van der Waals surface area (Å²) in [5, 5.41) is 12.0. The summed E-state index contributed by atoms with van der Waals surface area (Å²) in [5.74, 6) is 0.554. The van der Waals surface area contributed by atoms with Gasteiger partial charge in [-0.3, -0.25) is 9.79 Å². The molecular weight excluding hydrogens is 473 g/mol. The molecule has 0 aliphatic carbocycles. The van der Waals surface area contributed by atoms with Gasteiger partial charge >= 0.3 is 6.09 Å². The summed E-state index contributed by atoms with van der Waals surface area (Å²) in [5.41, 5.74) is -1.10. The first-order chi connectivity index (χ1) is 12.4. The molecule has 0 heterocycles. The van der Waals surface area contributed by atoms with Crippen molar-refractivity contribution < 1.29 is 14.3 Å². The summed E-state index contributed by atoms with van der Waals surface area (Å²) in [6.07, 6.45) is 2.52. The van der Waals surface area contributed by atoms with Crippen LogP contribution in [0.1, 0.15) is 60.8 Å². The monoisotopic (exact) mass is 513 g/mol. The molecule has 0 spiro atoms. The molecular formula is C19H40IN5O3. The predicted octanol–water partition coefficient (Wildman–Crippen LogP) is 2.63. The first kappa shape index (κ1) is 28.9. The first-order valence-corrected chi connectivity index (χ1v) is 9.61. The van der Waals surface area contributed by atoms with Gasteiger partial charge in [-0.1, -0.05) is 19.8 Å². The van der Waals surface area contributed by atoms with Crippen molar-refractivity contribution in [2.45, 2.75) is 72.4 Å². The van der Waals surface area contributed by atoms with Crippen molar-refractivity contribution in [3.8, 4) is 0 Å². The molecule has 0 radical (unpaired) electrons. The zero-order valence-corrected chi connectivity index (χ0v) is 21.0. The molecule has 0 aromatic carbocycles. The lowest BCUT2D eigenvalue weighted by Crippen LogP contribution is -2.52. The Balaban J connectivity index is 0. The van der Waals surface area contributed by atoms with Crippen molar-refractivity contribution in [1.29, 1.82) is 0 Å². The van der Waals surface area contributed by atoms with Gasteiger partial charge in [0.05, 0.1) is 5.41 Å². The molecule has 0 aromatic rings.